The van der Waals surface area contributed by atoms with Crippen LogP contribution in [0.1, 0.15) is 43.0 Å². The van der Waals surface area contributed by atoms with Gasteiger partial charge in [0.15, 0.2) is 17.2 Å². The largest absolute Gasteiger partial charge is 0.504 e. The molecule has 0 aliphatic carbocycles. The molecule has 1 atom stereocenters. The van der Waals surface area contributed by atoms with Gasteiger partial charge in [-0.2, -0.15) is 5.10 Å². The Labute approximate surface area is 190 Å². The van der Waals surface area contributed by atoms with Crippen molar-refractivity contribution in [2.24, 2.45) is 12.5 Å². The van der Waals surface area contributed by atoms with Crippen LogP contribution in [0.15, 0.2) is 28.0 Å². The third-order valence-electron chi connectivity index (χ3n) is 5.17. The van der Waals surface area contributed by atoms with Crippen LogP contribution in [0.25, 0.3) is 0 Å². The molecule has 176 valence electrons. The van der Waals surface area contributed by atoms with Gasteiger partial charge in [0.2, 0.25) is 0 Å². The fourth-order valence-electron chi connectivity index (χ4n) is 3.39. The lowest BCUT2D eigenvalue weighted by Gasteiger charge is -2.32. The molecule has 1 aromatic carbocycles. The molecule has 0 spiro atoms. The van der Waals surface area contributed by atoms with Gasteiger partial charge in [0.1, 0.15) is 17.1 Å². The Morgan fingerprint density at radius 2 is 1.85 bits per heavy atom. The van der Waals surface area contributed by atoms with Crippen molar-refractivity contribution < 1.29 is 14.6 Å². The molecule has 0 radical (unpaired) electrons. The molecular weight excluding hydrogens is 428 g/mol. The van der Waals surface area contributed by atoms with Gasteiger partial charge >= 0.3 is 0 Å². The number of carbonyl (C=O) groups is 1. The number of hydrogen-bond acceptors (Lipinski definition) is 9. The Kier molecular flexibility index (Phi) is 6.17. The summed E-state index contributed by atoms with van der Waals surface area (Å²) < 4.78 is 7.04. The minimum atomic E-state index is -0.741. The van der Waals surface area contributed by atoms with Gasteiger partial charge in [-0.05, 0) is 11.5 Å². The number of methoxy groups -OCH3 is 1. The number of nitrogens with one attached hydrogen (secondary N) is 2. The Hall–Kier alpha value is -3.89. The number of pyridine rings is 1. The predicted molar refractivity (Wildman–Crippen MR) is 124 cm³/mol. The zero-order chi connectivity index (χ0) is 24.7. The molecule has 0 aliphatic rings. The summed E-state index contributed by atoms with van der Waals surface area (Å²) in [5, 5.41) is 20.9. The summed E-state index contributed by atoms with van der Waals surface area (Å²) >= 11 is 0. The molecule has 3 N–H and O–H groups in total. The molecule has 11 heteroatoms. The number of hydrogen-bond donors (Lipinski definition) is 3. The van der Waals surface area contributed by atoms with Crippen LogP contribution >= 0.6 is 0 Å². The number of aromatic nitrogens is 3. The quantitative estimate of drug-likeness (QED) is 0.454. The SMILES string of the molecule is COc1cn(C)nc1[C@H](Nc1c(Nc2ccnc(C(=O)N(C)C)c2O)c(=O)c1=O)C(C)(C)C. The molecular formula is C22H28N6O5. The van der Waals surface area contributed by atoms with E-state index in [1.807, 2.05) is 20.8 Å². The van der Waals surface area contributed by atoms with Gasteiger partial charge in [0.25, 0.3) is 16.8 Å². The highest BCUT2D eigenvalue weighted by Crippen LogP contribution is 2.40. The van der Waals surface area contributed by atoms with Crippen LogP contribution in [0.3, 0.4) is 0 Å². The van der Waals surface area contributed by atoms with E-state index in [-0.39, 0.29) is 22.8 Å². The van der Waals surface area contributed by atoms with Crippen LogP contribution < -0.4 is 26.2 Å². The number of ether oxygens (including phenoxy) is 1. The molecule has 2 aromatic heterocycles. The van der Waals surface area contributed by atoms with E-state index < -0.39 is 34.0 Å². The summed E-state index contributed by atoms with van der Waals surface area (Å²) in [6.45, 7) is 5.89. The predicted octanol–water partition coefficient (Wildman–Crippen LogP) is 1.77. The Balaban J connectivity index is 2.00. The van der Waals surface area contributed by atoms with Crippen molar-refractivity contribution in [3.05, 3.63) is 50.3 Å². The number of anilines is 3. The smallest absolute Gasteiger partial charge is 0.275 e. The van der Waals surface area contributed by atoms with Crippen LogP contribution in [0.4, 0.5) is 17.1 Å². The van der Waals surface area contributed by atoms with E-state index in [1.165, 1.54) is 38.4 Å². The lowest BCUT2D eigenvalue weighted by Crippen LogP contribution is -2.39. The fourth-order valence-corrected chi connectivity index (χ4v) is 3.39. The van der Waals surface area contributed by atoms with E-state index in [0.717, 1.165) is 0 Å². The first-order valence-electron chi connectivity index (χ1n) is 10.2. The number of rotatable bonds is 7. The molecule has 0 aliphatic heterocycles. The third kappa shape index (κ3) is 4.38. The second-order valence-electron chi connectivity index (χ2n) is 8.99. The number of aromatic hydroxyl groups is 1. The summed E-state index contributed by atoms with van der Waals surface area (Å²) in [5.74, 6) is -0.389. The van der Waals surface area contributed by atoms with Crippen molar-refractivity contribution in [2.75, 3.05) is 31.8 Å². The first-order chi connectivity index (χ1) is 15.4. The van der Waals surface area contributed by atoms with Crippen molar-refractivity contribution in [2.45, 2.75) is 26.8 Å². The Morgan fingerprint density at radius 3 is 2.42 bits per heavy atom. The highest BCUT2D eigenvalue weighted by atomic mass is 16.5. The molecule has 2 heterocycles. The Bertz CT molecular complexity index is 1260. The molecule has 0 saturated carbocycles. The minimum Gasteiger partial charge on any atom is -0.504 e. The van der Waals surface area contributed by atoms with Crippen molar-refractivity contribution in [1.29, 1.82) is 0 Å². The summed E-state index contributed by atoms with van der Waals surface area (Å²) in [6.07, 6.45) is 3.05. The van der Waals surface area contributed by atoms with Crippen LogP contribution in [-0.4, -0.2) is 51.9 Å². The van der Waals surface area contributed by atoms with Gasteiger partial charge in [-0.25, -0.2) is 4.98 Å². The molecule has 0 bridgehead atoms. The fraction of sp³-hybridized carbons (Fsp3) is 0.409. The maximum absolute atomic E-state index is 12.5. The first kappa shape index (κ1) is 23.8. The van der Waals surface area contributed by atoms with E-state index in [4.69, 9.17) is 4.74 Å². The lowest BCUT2D eigenvalue weighted by atomic mass is 9.84. The van der Waals surface area contributed by atoms with E-state index in [1.54, 1.807) is 17.9 Å². The van der Waals surface area contributed by atoms with Crippen molar-refractivity contribution in [1.82, 2.24) is 19.7 Å². The molecule has 11 nitrogen and oxygen atoms in total. The highest BCUT2D eigenvalue weighted by molar-refractivity contribution is 5.97. The summed E-state index contributed by atoms with van der Waals surface area (Å²) in [4.78, 5) is 42.3. The van der Waals surface area contributed by atoms with Crippen LogP contribution in [0.5, 0.6) is 11.5 Å². The zero-order valence-corrected chi connectivity index (χ0v) is 19.7. The number of carbonyl (C=O) groups excluding carboxylic acids is 1. The normalized spacial score (nSPS) is 12.5. The van der Waals surface area contributed by atoms with E-state index in [9.17, 15) is 19.5 Å². The second-order valence-corrected chi connectivity index (χ2v) is 8.99. The average Bonchev–Trinajstić information content (AvgIpc) is 3.12. The molecule has 0 saturated heterocycles. The Morgan fingerprint density at radius 1 is 1.21 bits per heavy atom. The zero-order valence-electron chi connectivity index (χ0n) is 19.7. The summed E-state index contributed by atoms with van der Waals surface area (Å²) in [6, 6.07) is 0.931. The maximum Gasteiger partial charge on any atom is 0.275 e. The summed E-state index contributed by atoms with van der Waals surface area (Å²) in [5.41, 5.74) is -1.33. The standard InChI is InChI=1S/C22H28N6O5/c1-22(2,3)20(13-12(33-7)10-28(6)26-13)25-15-14(18(30)19(15)31)24-11-8-9-23-16(17(11)29)21(32)27(4)5/h8-10,20,25,29H,1-7H3,(H,23,24)/t20-/m0/s1. The van der Waals surface area contributed by atoms with Crippen LogP contribution in [0.2, 0.25) is 0 Å². The maximum atomic E-state index is 12.5. The van der Waals surface area contributed by atoms with E-state index in [2.05, 4.69) is 20.7 Å². The average molecular weight is 457 g/mol. The second kappa shape index (κ2) is 8.57. The molecule has 3 rings (SSSR count). The van der Waals surface area contributed by atoms with Gasteiger partial charge in [-0.1, -0.05) is 20.8 Å². The number of amides is 1. The van der Waals surface area contributed by atoms with Crippen molar-refractivity contribution >= 4 is 23.0 Å². The van der Waals surface area contributed by atoms with Gasteiger partial charge in [0, 0.05) is 27.3 Å². The molecule has 0 fully saturated rings. The van der Waals surface area contributed by atoms with E-state index in [0.29, 0.717) is 11.4 Å². The van der Waals surface area contributed by atoms with Crippen molar-refractivity contribution in [3.63, 3.8) is 0 Å². The molecule has 0 unspecified atom stereocenters. The highest BCUT2D eigenvalue weighted by Gasteiger charge is 2.35. The lowest BCUT2D eigenvalue weighted by molar-refractivity contribution is 0.0819. The topological polar surface area (TPSA) is 139 Å². The van der Waals surface area contributed by atoms with Gasteiger partial charge < -0.3 is 25.4 Å². The first-order valence-corrected chi connectivity index (χ1v) is 10.2. The monoisotopic (exact) mass is 456 g/mol. The van der Waals surface area contributed by atoms with Gasteiger partial charge in [-0.3, -0.25) is 19.1 Å². The third-order valence-corrected chi connectivity index (χ3v) is 5.17. The van der Waals surface area contributed by atoms with Crippen molar-refractivity contribution in [3.8, 4) is 11.5 Å². The molecule has 33 heavy (non-hydrogen) atoms. The van der Waals surface area contributed by atoms with Gasteiger partial charge in [0.05, 0.1) is 25.0 Å². The number of nitrogens with zero attached hydrogens (tertiary/aromatic N) is 4. The van der Waals surface area contributed by atoms with Gasteiger partial charge in [-0.15, -0.1) is 0 Å². The van der Waals surface area contributed by atoms with Crippen LogP contribution in [-0.2, 0) is 7.05 Å². The molecule has 3 aromatic rings. The van der Waals surface area contributed by atoms with E-state index >= 15 is 0 Å². The summed E-state index contributed by atoms with van der Waals surface area (Å²) in [7, 11) is 6.35. The van der Waals surface area contributed by atoms with Crippen LogP contribution in [0, 0.1) is 5.41 Å². The minimum absolute atomic E-state index is 0.0195. The number of aryl methyl sites for hydroxylation is 1. The molecule has 1 amide bonds.